The fourth-order valence-electron chi connectivity index (χ4n) is 2.14. The van der Waals surface area contributed by atoms with Crippen molar-refractivity contribution < 1.29 is 9.90 Å². The first-order valence-electron chi connectivity index (χ1n) is 7.61. The SMILES string of the molecule is CCC(CC)CNC(=O)c1cccc(C#CCCO)c1C. The Hall–Kier alpha value is -1.79. The number of nitrogens with one attached hydrogen (secondary N) is 1. The quantitative estimate of drug-likeness (QED) is 0.790. The lowest BCUT2D eigenvalue weighted by molar-refractivity contribution is 0.0945. The highest BCUT2D eigenvalue weighted by atomic mass is 16.2. The first kappa shape index (κ1) is 17.3. The van der Waals surface area contributed by atoms with Gasteiger partial charge in [0, 0.05) is 24.1 Å². The molecule has 0 saturated heterocycles. The molecule has 0 aliphatic carbocycles. The molecule has 0 atom stereocenters. The molecular formula is C18H25NO2. The molecule has 1 aromatic rings. The van der Waals surface area contributed by atoms with Crippen LogP contribution in [0.3, 0.4) is 0 Å². The lowest BCUT2D eigenvalue weighted by atomic mass is 10.0. The van der Waals surface area contributed by atoms with E-state index >= 15 is 0 Å². The highest BCUT2D eigenvalue weighted by Crippen LogP contribution is 2.13. The lowest BCUT2D eigenvalue weighted by Crippen LogP contribution is -2.29. The highest BCUT2D eigenvalue weighted by molar-refractivity contribution is 5.96. The molecule has 3 heteroatoms. The molecule has 0 saturated carbocycles. The predicted octanol–water partition coefficient (Wildman–Crippen LogP) is 2.89. The standard InChI is InChI=1S/C18H25NO2/c1-4-15(5-2)13-19-18(21)17-11-8-10-16(14(17)3)9-6-7-12-20/h8,10-11,15,20H,4-5,7,12-13H2,1-3H3,(H,19,21). The second-order valence-electron chi connectivity index (χ2n) is 5.15. The third-order valence-corrected chi connectivity index (χ3v) is 3.74. The topological polar surface area (TPSA) is 49.3 Å². The van der Waals surface area contributed by atoms with Gasteiger partial charge in [-0.2, -0.15) is 0 Å². The molecule has 0 heterocycles. The summed E-state index contributed by atoms with van der Waals surface area (Å²) >= 11 is 0. The van der Waals surface area contributed by atoms with Gasteiger partial charge in [-0.3, -0.25) is 4.79 Å². The third-order valence-electron chi connectivity index (χ3n) is 3.74. The first-order valence-corrected chi connectivity index (χ1v) is 7.61. The first-order chi connectivity index (χ1) is 10.1. The lowest BCUT2D eigenvalue weighted by Gasteiger charge is -2.14. The maximum Gasteiger partial charge on any atom is 0.251 e. The zero-order valence-corrected chi connectivity index (χ0v) is 13.2. The van der Waals surface area contributed by atoms with E-state index in [0.717, 1.165) is 24.0 Å². The number of amides is 1. The molecule has 0 fully saturated rings. The van der Waals surface area contributed by atoms with Crippen LogP contribution in [0.5, 0.6) is 0 Å². The molecule has 0 unspecified atom stereocenters. The van der Waals surface area contributed by atoms with Crippen LogP contribution in [0.25, 0.3) is 0 Å². The number of carbonyl (C=O) groups excluding carboxylic acids is 1. The van der Waals surface area contributed by atoms with Gasteiger partial charge in [0.05, 0.1) is 6.61 Å². The van der Waals surface area contributed by atoms with Crippen molar-refractivity contribution in [1.29, 1.82) is 0 Å². The van der Waals surface area contributed by atoms with Gasteiger partial charge in [-0.25, -0.2) is 0 Å². The average Bonchev–Trinajstić information content (AvgIpc) is 2.50. The van der Waals surface area contributed by atoms with E-state index in [9.17, 15) is 4.79 Å². The van der Waals surface area contributed by atoms with Crippen molar-refractivity contribution >= 4 is 5.91 Å². The normalized spacial score (nSPS) is 10.1. The second kappa shape index (κ2) is 9.20. The van der Waals surface area contributed by atoms with Crippen molar-refractivity contribution in [3.8, 4) is 11.8 Å². The molecule has 0 spiro atoms. The Bertz CT molecular complexity index is 522. The Balaban J connectivity index is 2.81. The van der Waals surface area contributed by atoms with Gasteiger partial charge in [-0.05, 0) is 30.5 Å². The van der Waals surface area contributed by atoms with E-state index in [1.165, 1.54) is 0 Å². The maximum absolute atomic E-state index is 12.3. The van der Waals surface area contributed by atoms with Crippen LogP contribution in [0, 0.1) is 24.7 Å². The molecule has 1 aromatic carbocycles. The molecule has 1 amide bonds. The van der Waals surface area contributed by atoms with Crippen LogP contribution < -0.4 is 5.32 Å². The number of benzene rings is 1. The highest BCUT2D eigenvalue weighted by Gasteiger charge is 2.12. The maximum atomic E-state index is 12.3. The van der Waals surface area contributed by atoms with Crippen molar-refractivity contribution in [2.75, 3.05) is 13.2 Å². The molecule has 0 aliphatic heterocycles. The van der Waals surface area contributed by atoms with Gasteiger partial charge in [-0.15, -0.1) is 0 Å². The van der Waals surface area contributed by atoms with Crippen LogP contribution in [-0.4, -0.2) is 24.2 Å². The summed E-state index contributed by atoms with van der Waals surface area (Å²) in [4.78, 5) is 12.3. The number of hydrogen-bond acceptors (Lipinski definition) is 2. The number of hydrogen-bond donors (Lipinski definition) is 2. The fraction of sp³-hybridized carbons (Fsp3) is 0.500. The van der Waals surface area contributed by atoms with Gasteiger partial charge in [0.1, 0.15) is 0 Å². The summed E-state index contributed by atoms with van der Waals surface area (Å²) in [5.74, 6) is 6.39. The van der Waals surface area contributed by atoms with E-state index in [4.69, 9.17) is 5.11 Å². The Morgan fingerprint density at radius 1 is 1.33 bits per heavy atom. The smallest absolute Gasteiger partial charge is 0.251 e. The molecule has 0 aliphatic rings. The second-order valence-corrected chi connectivity index (χ2v) is 5.15. The summed E-state index contributed by atoms with van der Waals surface area (Å²) in [6.45, 7) is 6.97. The predicted molar refractivity (Wildman–Crippen MR) is 86.2 cm³/mol. The van der Waals surface area contributed by atoms with Crippen molar-refractivity contribution in [3.05, 3.63) is 34.9 Å². The molecule has 0 aromatic heterocycles. The molecule has 0 bridgehead atoms. The van der Waals surface area contributed by atoms with E-state index in [1.54, 1.807) is 0 Å². The summed E-state index contributed by atoms with van der Waals surface area (Å²) in [6, 6.07) is 5.58. The summed E-state index contributed by atoms with van der Waals surface area (Å²) < 4.78 is 0. The van der Waals surface area contributed by atoms with E-state index in [0.29, 0.717) is 24.4 Å². The van der Waals surface area contributed by atoms with Gasteiger partial charge in [0.25, 0.3) is 5.91 Å². The van der Waals surface area contributed by atoms with Gasteiger partial charge in [0.2, 0.25) is 0 Å². The van der Waals surface area contributed by atoms with Crippen molar-refractivity contribution in [3.63, 3.8) is 0 Å². The summed E-state index contributed by atoms with van der Waals surface area (Å²) in [5.41, 5.74) is 2.42. The summed E-state index contributed by atoms with van der Waals surface area (Å²) in [5, 5.41) is 11.8. The summed E-state index contributed by atoms with van der Waals surface area (Å²) in [6.07, 6.45) is 2.59. The average molecular weight is 287 g/mol. The molecule has 114 valence electrons. The number of aliphatic hydroxyl groups excluding tert-OH is 1. The zero-order chi connectivity index (χ0) is 15.7. The van der Waals surface area contributed by atoms with Gasteiger partial charge in [0.15, 0.2) is 0 Å². The van der Waals surface area contributed by atoms with E-state index in [-0.39, 0.29) is 12.5 Å². The fourth-order valence-corrected chi connectivity index (χ4v) is 2.14. The van der Waals surface area contributed by atoms with Gasteiger partial charge >= 0.3 is 0 Å². The molecule has 21 heavy (non-hydrogen) atoms. The molecule has 0 radical (unpaired) electrons. The van der Waals surface area contributed by atoms with E-state index in [1.807, 2.05) is 25.1 Å². The number of aliphatic hydroxyl groups is 1. The Morgan fingerprint density at radius 3 is 2.67 bits per heavy atom. The van der Waals surface area contributed by atoms with Crippen LogP contribution in [0.1, 0.15) is 54.6 Å². The number of carbonyl (C=O) groups is 1. The Labute approximate surface area is 127 Å². The monoisotopic (exact) mass is 287 g/mol. The minimum atomic E-state index is -0.0368. The minimum Gasteiger partial charge on any atom is -0.395 e. The van der Waals surface area contributed by atoms with Crippen molar-refractivity contribution in [2.45, 2.75) is 40.0 Å². The summed E-state index contributed by atoms with van der Waals surface area (Å²) in [7, 11) is 0. The van der Waals surface area contributed by atoms with Crippen molar-refractivity contribution in [2.24, 2.45) is 5.92 Å². The molecule has 1 rings (SSSR count). The van der Waals surface area contributed by atoms with Crippen LogP contribution in [-0.2, 0) is 0 Å². The molecule has 3 nitrogen and oxygen atoms in total. The van der Waals surface area contributed by atoms with Crippen LogP contribution in [0.4, 0.5) is 0 Å². The van der Waals surface area contributed by atoms with Gasteiger partial charge in [-0.1, -0.05) is 44.6 Å². The Kier molecular flexibility index (Phi) is 7.56. The van der Waals surface area contributed by atoms with E-state index < -0.39 is 0 Å². The van der Waals surface area contributed by atoms with Crippen LogP contribution in [0.15, 0.2) is 18.2 Å². The molecular weight excluding hydrogens is 262 g/mol. The zero-order valence-electron chi connectivity index (χ0n) is 13.2. The Morgan fingerprint density at radius 2 is 2.05 bits per heavy atom. The minimum absolute atomic E-state index is 0.0368. The van der Waals surface area contributed by atoms with Crippen LogP contribution in [0.2, 0.25) is 0 Å². The third kappa shape index (κ3) is 5.24. The largest absolute Gasteiger partial charge is 0.395 e. The molecule has 2 N–H and O–H groups in total. The van der Waals surface area contributed by atoms with E-state index in [2.05, 4.69) is 31.0 Å². The van der Waals surface area contributed by atoms with Crippen molar-refractivity contribution in [1.82, 2.24) is 5.32 Å². The van der Waals surface area contributed by atoms with Gasteiger partial charge < -0.3 is 10.4 Å². The number of rotatable bonds is 6. The van der Waals surface area contributed by atoms with Crippen LogP contribution >= 0.6 is 0 Å².